The number of nitriles is 1. The number of hydrogen-bond acceptors (Lipinski definition) is 6. The molecule has 0 saturated heterocycles. The zero-order valence-electron chi connectivity index (χ0n) is 14.5. The predicted octanol–water partition coefficient (Wildman–Crippen LogP) is 4.39. The summed E-state index contributed by atoms with van der Waals surface area (Å²) in [6.45, 7) is 2.21. The van der Waals surface area contributed by atoms with Gasteiger partial charge in [-0.2, -0.15) is 10.2 Å². The highest BCUT2D eigenvalue weighted by Crippen LogP contribution is 2.26. The summed E-state index contributed by atoms with van der Waals surface area (Å²) in [4.78, 5) is 8.59. The normalized spacial score (nSPS) is 10.2. The van der Waals surface area contributed by atoms with Gasteiger partial charge in [-0.3, -0.25) is 0 Å². The topological polar surface area (TPSA) is 77.3 Å². The van der Waals surface area contributed by atoms with Gasteiger partial charge in [0, 0.05) is 18.9 Å². The molecule has 0 N–H and O–H groups in total. The first kappa shape index (κ1) is 17.4. The van der Waals surface area contributed by atoms with Crippen molar-refractivity contribution in [2.24, 2.45) is 0 Å². The maximum Gasteiger partial charge on any atom is 0.222 e. The van der Waals surface area contributed by atoms with Crippen molar-refractivity contribution in [1.82, 2.24) is 9.97 Å². The van der Waals surface area contributed by atoms with E-state index >= 15 is 0 Å². The van der Waals surface area contributed by atoms with Gasteiger partial charge in [-0.1, -0.05) is 0 Å². The molecule has 6 heteroatoms. The summed E-state index contributed by atoms with van der Waals surface area (Å²) in [7, 11) is 1.60. The van der Waals surface area contributed by atoms with Gasteiger partial charge in [0.05, 0.1) is 11.6 Å². The lowest BCUT2D eigenvalue weighted by molar-refractivity contribution is 0.177. The molecule has 0 amide bonds. The van der Waals surface area contributed by atoms with Crippen molar-refractivity contribution in [1.29, 1.82) is 5.26 Å². The van der Waals surface area contributed by atoms with E-state index < -0.39 is 0 Å². The molecule has 0 fully saturated rings. The first-order chi connectivity index (χ1) is 12.7. The average molecular weight is 347 g/mol. The van der Waals surface area contributed by atoms with E-state index in [1.165, 1.54) is 0 Å². The Balaban J connectivity index is 1.68. The van der Waals surface area contributed by atoms with Gasteiger partial charge < -0.3 is 14.2 Å². The summed E-state index contributed by atoms with van der Waals surface area (Å²) < 4.78 is 16.6. The molecule has 6 nitrogen and oxygen atoms in total. The molecular formula is C20H17N3O3. The van der Waals surface area contributed by atoms with Crippen LogP contribution in [0.15, 0.2) is 54.6 Å². The number of ether oxygens (including phenoxy) is 3. The summed E-state index contributed by atoms with van der Waals surface area (Å²) in [5.41, 5.74) is 1.40. The summed E-state index contributed by atoms with van der Waals surface area (Å²) in [6.07, 6.45) is 0. The maximum absolute atomic E-state index is 8.81. The summed E-state index contributed by atoms with van der Waals surface area (Å²) in [5, 5.41) is 8.81. The lowest BCUT2D eigenvalue weighted by Gasteiger charge is -2.09. The fourth-order valence-corrected chi connectivity index (χ4v) is 2.28. The van der Waals surface area contributed by atoms with Crippen molar-refractivity contribution in [2.45, 2.75) is 13.5 Å². The van der Waals surface area contributed by atoms with Crippen molar-refractivity contribution in [3.05, 3.63) is 71.7 Å². The van der Waals surface area contributed by atoms with Crippen molar-refractivity contribution >= 4 is 0 Å². The minimum Gasteiger partial charge on any atom is -0.457 e. The Morgan fingerprint density at radius 3 is 2.04 bits per heavy atom. The van der Waals surface area contributed by atoms with Crippen LogP contribution in [-0.4, -0.2) is 17.1 Å². The average Bonchev–Trinajstić information content (AvgIpc) is 2.64. The van der Waals surface area contributed by atoms with Crippen LogP contribution in [-0.2, 0) is 11.3 Å². The molecule has 3 rings (SSSR count). The standard InChI is InChI=1S/C20H17N3O3/c1-14-11-20(23-19(22-14)13-24-2)26-18-9-7-17(8-10-18)25-16-5-3-15(12-21)4-6-16/h3-11H,13H2,1-2H3. The van der Waals surface area contributed by atoms with E-state index in [0.717, 1.165) is 5.69 Å². The second kappa shape index (κ2) is 8.10. The molecular weight excluding hydrogens is 330 g/mol. The Labute approximate surface area is 151 Å². The van der Waals surface area contributed by atoms with Gasteiger partial charge in [0.25, 0.3) is 0 Å². The quantitative estimate of drug-likeness (QED) is 0.658. The number of benzene rings is 2. The second-order valence-electron chi connectivity index (χ2n) is 5.51. The SMILES string of the molecule is COCc1nc(C)cc(Oc2ccc(Oc3ccc(C#N)cc3)cc2)n1. The Morgan fingerprint density at radius 2 is 1.46 bits per heavy atom. The molecule has 0 saturated carbocycles. The Kier molecular flexibility index (Phi) is 5.42. The molecule has 1 aromatic heterocycles. The minimum absolute atomic E-state index is 0.329. The van der Waals surface area contributed by atoms with Gasteiger partial charge in [0.15, 0.2) is 5.82 Å². The largest absolute Gasteiger partial charge is 0.457 e. The van der Waals surface area contributed by atoms with E-state index in [-0.39, 0.29) is 0 Å². The molecule has 0 aliphatic carbocycles. The van der Waals surface area contributed by atoms with Crippen molar-refractivity contribution < 1.29 is 14.2 Å². The van der Waals surface area contributed by atoms with Gasteiger partial charge in [-0.15, -0.1) is 0 Å². The maximum atomic E-state index is 8.81. The molecule has 0 aliphatic rings. The number of hydrogen-bond donors (Lipinski definition) is 0. The van der Waals surface area contributed by atoms with Crippen molar-refractivity contribution in [2.75, 3.05) is 7.11 Å². The van der Waals surface area contributed by atoms with E-state index in [4.69, 9.17) is 19.5 Å². The third-order valence-electron chi connectivity index (χ3n) is 3.42. The molecule has 130 valence electrons. The van der Waals surface area contributed by atoms with Crippen LogP contribution in [0.3, 0.4) is 0 Å². The molecule has 2 aromatic carbocycles. The molecule has 0 unspecified atom stereocenters. The number of nitrogens with zero attached hydrogens (tertiary/aromatic N) is 3. The third kappa shape index (κ3) is 4.56. The van der Waals surface area contributed by atoms with Crippen LogP contribution in [0.2, 0.25) is 0 Å². The van der Waals surface area contributed by atoms with Crippen LogP contribution in [0.5, 0.6) is 23.1 Å². The fraction of sp³-hybridized carbons (Fsp3) is 0.150. The number of methoxy groups -OCH3 is 1. The Hall–Kier alpha value is -3.43. The molecule has 3 aromatic rings. The van der Waals surface area contributed by atoms with Crippen LogP contribution in [0.1, 0.15) is 17.1 Å². The van der Waals surface area contributed by atoms with E-state index in [1.807, 2.05) is 6.92 Å². The van der Waals surface area contributed by atoms with Gasteiger partial charge in [-0.05, 0) is 55.5 Å². The Morgan fingerprint density at radius 1 is 0.885 bits per heavy atom. The van der Waals surface area contributed by atoms with E-state index in [0.29, 0.717) is 41.1 Å². The van der Waals surface area contributed by atoms with Crippen LogP contribution in [0.4, 0.5) is 0 Å². The smallest absolute Gasteiger partial charge is 0.222 e. The van der Waals surface area contributed by atoms with Gasteiger partial charge in [0.2, 0.25) is 5.88 Å². The zero-order valence-corrected chi connectivity index (χ0v) is 14.5. The highest BCUT2D eigenvalue weighted by atomic mass is 16.5. The predicted molar refractivity (Wildman–Crippen MR) is 95.2 cm³/mol. The van der Waals surface area contributed by atoms with Gasteiger partial charge >= 0.3 is 0 Å². The lowest BCUT2D eigenvalue weighted by atomic mass is 10.2. The molecule has 26 heavy (non-hydrogen) atoms. The number of rotatable bonds is 6. The highest BCUT2D eigenvalue weighted by Gasteiger charge is 2.05. The zero-order chi connectivity index (χ0) is 18.4. The lowest BCUT2D eigenvalue weighted by Crippen LogP contribution is -2.00. The number of aromatic nitrogens is 2. The first-order valence-corrected chi connectivity index (χ1v) is 7.96. The second-order valence-corrected chi connectivity index (χ2v) is 5.51. The van der Waals surface area contributed by atoms with E-state index in [2.05, 4.69) is 16.0 Å². The molecule has 0 spiro atoms. The Bertz CT molecular complexity index is 917. The monoisotopic (exact) mass is 347 g/mol. The van der Waals surface area contributed by atoms with E-state index in [1.54, 1.807) is 61.7 Å². The molecule has 0 atom stereocenters. The molecule has 1 heterocycles. The highest BCUT2D eigenvalue weighted by molar-refractivity contribution is 5.39. The summed E-state index contributed by atoms with van der Waals surface area (Å²) in [6, 6.07) is 18.0. The van der Waals surface area contributed by atoms with E-state index in [9.17, 15) is 0 Å². The van der Waals surface area contributed by atoms with Gasteiger partial charge in [-0.25, -0.2) is 4.98 Å². The number of aryl methyl sites for hydroxylation is 1. The minimum atomic E-state index is 0.329. The summed E-state index contributed by atoms with van der Waals surface area (Å²) in [5.74, 6) is 3.00. The third-order valence-corrected chi connectivity index (χ3v) is 3.42. The van der Waals surface area contributed by atoms with Crippen LogP contribution in [0, 0.1) is 18.3 Å². The fourth-order valence-electron chi connectivity index (χ4n) is 2.28. The molecule has 0 bridgehead atoms. The molecule has 0 aliphatic heterocycles. The van der Waals surface area contributed by atoms with Crippen LogP contribution in [0.25, 0.3) is 0 Å². The summed E-state index contributed by atoms with van der Waals surface area (Å²) >= 11 is 0. The van der Waals surface area contributed by atoms with Crippen LogP contribution >= 0.6 is 0 Å². The van der Waals surface area contributed by atoms with Crippen LogP contribution < -0.4 is 9.47 Å². The van der Waals surface area contributed by atoms with Crippen molar-refractivity contribution in [3.63, 3.8) is 0 Å². The van der Waals surface area contributed by atoms with Gasteiger partial charge in [0.1, 0.15) is 23.9 Å². The van der Waals surface area contributed by atoms with Crippen molar-refractivity contribution in [3.8, 4) is 29.2 Å². The molecule has 0 radical (unpaired) electrons. The first-order valence-electron chi connectivity index (χ1n) is 7.96.